The quantitative estimate of drug-likeness (QED) is 0.631. The molecule has 8 nitrogen and oxygen atoms in total. The number of aliphatic hydroxyl groups is 2. The minimum absolute atomic E-state index is 0.00605. The third-order valence-electron chi connectivity index (χ3n) is 5.85. The Morgan fingerprint density at radius 2 is 2.03 bits per heavy atom. The van der Waals surface area contributed by atoms with Crippen LogP contribution in [0.3, 0.4) is 0 Å². The van der Waals surface area contributed by atoms with Gasteiger partial charge in [-0.25, -0.2) is 8.42 Å². The Hall–Kier alpha value is -2.12. The number of sulfonamides is 1. The van der Waals surface area contributed by atoms with Gasteiger partial charge in [-0.05, 0) is 44.9 Å². The Labute approximate surface area is 190 Å². The highest BCUT2D eigenvalue weighted by atomic mass is 32.2. The molecule has 1 aromatic carbocycles. The first-order valence-corrected chi connectivity index (χ1v) is 12.4. The van der Waals surface area contributed by atoms with Gasteiger partial charge in [-0.2, -0.15) is 4.31 Å². The van der Waals surface area contributed by atoms with E-state index in [0.717, 1.165) is 12.8 Å². The highest BCUT2D eigenvalue weighted by Crippen LogP contribution is 2.35. The third-order valence-corrected chi connectivity index (χ3v) is 7.87. The summed E-state index contributed by atoms with van der Waals surface area (Å²) in [5, 5.41) is 19.2. The number of fused-ring (bicyclic) bond motifs is 1. The zero-order chi connectivity index (χ0) is 23.6. The van der Waals surface area contributed by atoms with Gasteiger partial charge < -0.3 is 19.8 Å². The van der Waals surface area contributed by atoms with Gasteiger partial charge in [-0.1, -0.05) is 18.8 Å². The fourth-order valence-electron chi connectivity index (χ4n) is 3.71. The molecule has 4 atom stereocenters. The van der Waals surface area contributed by atoms with Gasteiger partial charge in [-0.3, -0.25) is 4.79 Å². The first kappa shape index (κ1) is 24.5. The summed E-state index contributed by atoms with van der Waals surface area (Å²) in [5.74, 6) is 5.52. The summed E-state index contributed by atoms with van der Waals surface area (Å²) in [6.07, 6.45) is 0.527. The molecule has 32 heavy (non-hydrogen) atoms. The predicted octanol–water partition coefficient (Wildman–Crippen LogP) is 1.06. The second-order valence-corrected chi connectivity index (χ2v) is 10.7. The van der Waals surface area contributed by atoms with E-state index in [-0.39, 0.29) is 41.5 Å². The Balaban J connectivity index is 2.03. The molecule has 0 saturated heterocycles. The molecule has 9 heteroatoms. The van der Waals surface area contributed by atoms with E-state index in [1.165, 1.54) is 10.4 Å². The molecule has 176 valence electrons. The zero-order valence-corrected chi connectivity index (χ0v) is 19.8. The van der Waals surface area contributed by atoms with E-state index >= 15 is 0 Å². The minimum atomic E-state index is -3.94. The lowest BCUT2D eigenvalue weighted by Crippen LogP contribution is -2.50. The van der Waals surface area contributed by atoms with Crippen molar-refractivity contribution in [1.29, 1.82) is 0 Å². The number of rotatable bonds is 5. The van der Waals surface area contributed by atoms with Gasteiger partial charge in [-0.15, -0.1) is 0 Å². The normalized spacial score (nSPS) is 24.6. The van der Waals surface area contributed by atoms with E-state index in [1.807, 2.05) is 6.92 Å². The van der Waals surface area contributed by atoms with E-state index in [1.54, 1.807) is 37.9 Å². The molecule has 1 amide bonds. The number of hydrogen-bond donors (Lipinski definition) is 2. The molecule has 0 unspecified atom stereocenters. The fraction of sp³-hybridized carbons (Fsp3) is 0.609. The molecule has 2 N–H and O–H groups in total. The summed E-state index contributed by atoms with van der Waals surface area (Å²) in [7, 11) is -2.19. The number of carbonyl (C=O) groups excluding carboxylic acids is 1. The monoisotopic (exact) mass is 464 g/mol. The van der Waals surface area contributed by atoms with Crippen molar-refractivity contribution < 1.29 is 28.2 Å². The SMILES string of the molecule is C[C@H](O)C#Cc1ccc2c(c1)O[C@H](CN(C)C(=O)C1CC1)[C@@H](C)CN([C@H](C)CO)S2(=O)=O. The van der Waals surface area contributed by atoms with Crippen LogP contribution in [0.4, 0.5) is 0 Å². The van der Waals surface area contributed by atoms with E-state index in [9.17, 15) is 23.4 Å². The highest BCUT2D eigenvalue weighted by molar-refractivity contribution is 7.89. The number of carbonyl (C=O) groups is 1. The van der Waals surface area contributed by atoms with Gasteiger partial charge in [0, 0.05) is 37.0 Å². The summed E-state index contributed by atoms with van der Waals surface area (Å²) < 4.78 is 34.4. The van der Waals surface area contributed by atoms with Crippen molar-refractivity contribution in [2.75, 3.05) is 26.7 Å². The molecule has 2 aliphatic rings. The van der Waals surface area contributed by atoms with Crippen molar-refractivity contribution in [2.45, 2.75) is 56.8 Å². The highest BCUT2D eigenvalue weighted by Gasteiger charge is 2.39. The maximum absolute atomic E-state index is 13.4. The molecule has 1 aliphatic carbocycles. The second kappa shape index (κ2) is 9.79. The first-order valence-electron chi connectivity index (χ1n) is 10.9. The van der Waals surface area contributed by atoms with Crippen LogP contribution in [0.25, 0.3) is 0 Å². The lowest BCUT2D eigenvalue weighted by Gasteiger charge is -2.37. The van der Waals surface area contributed by atoms with Crippen LogP contribution >= 0.6 is 0 Å². The molecule has 0 aromatic heterocycles. The Morgan fingerprint density at radius 3 is 2.62 bits per heavy atom. The predicted molar refractivity (Wildman–Crippen MR) is 119 cm³/mol. The van der Waals surface area contributed by atoms with E-state index in [2.05, 4.69) is 11.8 Å². The van der Waals surface area contributed by atoms with Crippen molar-refractivity contribution in [3.63, 3.8) is 0 Å². The Morgan fingerprint density at radius 1 is 1.34 bits per heavy atom. The number of benzene rings is 1. The van der Waals surface area contributed by atoms with Crippen molar-refractivity contribution in [3.8, 4) is 17.6 Å². The van der Waals surface area contributed by atoms with Gasteiger partial charge in [0.1, 0.15) is 22.9 Å². The van der Waals surface area contributed by atoms with Crippen LogP contribution in [0, 0.1) is 23.7 Å². The van der Waals surface area contributed by atoms with Crippen LogP contribution in [0.5, 0.6) is 5.75 Å². The van der Waals surface area contributed by atoms with E-state index in [0.29, 0.717) is 12.1 Å². The molecule has 1 aliphatic heterocycles. The maximum atomic E-state index is 13.4. The maximum Gasteiger partial charge on any atom is 0.247 e. The largest absolute Gasteiger partial charge is 0.487 e. The average Bonchev–Trinajstić information content (AvgIpc) is 3.58. The second-order valence-electron chi connectivity index (χ2n) is 8.84. The fourth-order valence-corrected chi connectivity index (χ4v) is 5.54. The molecule has 1 fully saturated rings. The summed E-state index contributed by atoms with van der Waals surface area (Å²) in [6, 6.07) is 3.95. The van der Waals surface area contributed by atoms with Crippen LogP contribution in [0.1, 0.15) is 39.2 Å². The van der Waals surface area contributed by atoms with Crippen LogP contribution in [-0.2, 0) is 14.8 Å². The summed E-state index contributed by atoms with van der Waals surface area (Å²) in [6.45, 7) is 5.25. The van der Waals surface area contributed by atoms with Gasteiger partial charge >= 0.3 is 0 Å². The molecule has 1 heterocycles. The lowest BCUT2D eigenvalue weighted by molar-refractivity contribution is -0.132. The topological polar surface area (TPSA) is 107 Å². The summed E-state index contributed by atoms with van der Waals surface area (Å²) in [4.78, 5) is 14.2. The smallest absolute Gasteiger partial charge is 0.247 e. The van der Waals surface area contributed by atoms with Crippen LogP contribution < -0.4 is 4.74 Å². The van der Waals surface area contributed by atoms with E-state index < -0.39 is 28.3 Å². The standard InChI is InChI=1S/C23H32N2O6S/c1-15-12-25(16(2)14-26)32(29,30)22-10-7-18(6-5-17(3)27)11-20(22)31-21(15)13-24(4)23(28)19-8-9-19/h7,10-11,15-17,19,21,26-27H,8-9,12-14H2,1-4H3/t15-,16+,17-,21+/m0/s1. The minimum Gasteiger partial charge on any atom is -0.487 e. The number of hydrogen-bond acceptors (Lipinski definition) is 6. The van der Waals surface area contributed by atoms with Crippen molar-refractivity contribution in [3.05, 3.63) is 23.8 Å². The van der Waals surface area contributed by atoms with Crippen LogP contribution in [-0.4, -0.2) is 78.7 Å². The lowest BCUT2D eigenvalue weighted by atomic mass is 10.0. The number of amides is 1. The number of nitrogens with zero attached hydrogens (tertiary/aromatic N) is 2. The van der Waals surface area contributed by atoms with Crippen LogP contribution in [0.15, 0.2) is 23.1 Å². The molecular weight excluding hydrogens is 432 g/mol. The molecular formula is C23H32N2O6S. The average molecular weight is 465 g/mol. The Kier molecular flexibility index (Phi) is 7.50. The van der Waals surface area contributed by atoms with Gasteiger partial charge in [0.2, 0.25) is 15.9 Å². The molecule has 3 rings (SSSR count). The van der Waals surface area contributed by atoms with Crippen molar-refractivity contribution in [1.82, 2.24) is 9.21 Å². The molecule has 1 saturated carbocycles. The first-order chi connectivity index (χ1) is 15.0. The molecule has 1 aromatic rings. The number of likely N-dealkylation sites (N-methyl/N-ethyl adjacent to an activating group) is 1. The Bertz CT molecular complexity index is 1010. The van der Waals surface area contributed by atoms with E-state index in [4.69, 9.17) is 4.74 Å². The molecule has 0 radical (unpaired) electrons. The number of ether oxygens (including phenoxy) is 1. The van der Waals surface area contributed by atoms with Gasteiger partial charge in [0.25, 0.3) is 0 Å². The molecule has 0 spiro atoms. The zero-order valence-electron chi connectivity index (χ0n) is 19.0. The molecule has 0 bridgehead atoms. The van der Waals surface area contributed by atoms with Crippen molar-refractivity contribution in [2.24, 2.45) is 11.8 Å². The number of aliphatic hydroxyl groups excluding tert-OH is 2. The van der Waals surface area contributed by atoms with Gasteiger partial charge in [0.15, 0.2) is 0 Å². The van der Waals surface area contributed by atoms with Crippen molar-refractivity contribution >= 4 is 15.9 Å². The van der Waals surface area contributed by atoms with Crippen LogP contribution in [0.2, 0.25) is 0 Å². The van der Waals surface area contributed by atoms with Gasteiger partial charge in [0.05, 0.1) is 13.2 Å². The summed E-state index contributed by atoms with van der Waals surface area (Å²) >= 11 is 0. The summed E-state index contributed by atoms with van der Waals surface area (Å²) in [5.41, 5.74) is 0.510. The third kappa shape index (κ3) is 5.44.